The first-order valence-corrected chi connectivity index (χ1v) is 14.1. The summed E-state index contributed by atoms with van der Waals surface area (Å²) in [6, 6.07) is 12.3. The summed E-state index contributed by atoms with van der Waals surface area (Å²) in [6.07, 6.45) is 7.59. The highest BCUT2D eigenvalue weighted by Crippen LogP contribution is 2.46. The van der Waals surface area contributed by atoms with Gasteiger partial charge < -0.3 is 9.88 Å². The van der Waals surface area contributed by atoms with Crippen LogP contribution < -0.4 is 4.90 Å². The molecule has 2 aliphatic carbocycles. The molecule has 37 heavy (non-hydrogen) atoms. The second-order valence-corrected chi connectivity index (χ2v) is 11.9. The largest absolute Gasteiger partial charge is 0.369 e. The number of carbonyl (C=O) groups is 1. The fourth-order valence-electron chi connectivity index (χ4n) is 7.35. The van der Waals surface area contributed by atoms with E-state index in [1.165, 1.54) is 43.4 Å². The zero-order chi connectivity index (χ0) is 25.9. The highest BCUT2D eigenvalue weighted by molar-refractivity contribution is 6.20. The van der Waals surface area contributed by atoms with Crippen molar-refractivity contribution in [1.29, 1.82) is 5.26 Å². The van der Waals surface area contributed by atoms with E-state index in [1.54, 1.807) is 6.07 Å². The van der Waals surface area contributed by atoms with Gasteiger partial charge in [-0.05, 0) is 67.5 Å². The van der Waals surface area contributed by atoms with E-state index >= 15 is 0 Å². The van der Waals surface area contributed by atoms with Crippen LogP contribution in [0, 0.1) is 11.3 Å². The lowest BCUT2D eigenvalue weighted by molar-refractivity contribution is 0.00379. The first-order chi connectivity index (χ1) is 17.8. The molecule has 1 aromatic heterocycles. The highest BCUT2D eigenvalue weighted by Gasteiger charge is 2.43. The third-order valence-corrected chi connectivity index (χ3v) is 9.59. The predicted octanol–water partition coefficient (Wildman–Crippen LogP) is 6.32. The predicted molar refractivity (Wildman–Crippen MR) is 150 cm³/mol. The van der Waals surface area contributed by atoms with Crippen LogP contribution in [0.5, 0.6) is 0 Å². The molecule has 3 aromatic rings. The molecule has 1 saturated heterocycles. The van der Waals surface area contributed by atoms with Crippen LogP contribution in [0.2, 0.25) is 0 Å². The molecule has 1 aliphatic heterocycles. The van der Waals surface area contributed by atoms with Gasteiger partial charge in [-0.3, -0.25) is 9.69 Å². The van der Waals surface area contributed by atoms with Crippen molar-refractivity contribution < 1.29 is 4.79 Å². The molecule has 0 radical (unpaired) electrons. The lowest BCUT2D eigenvalue weighted by Gasteiger charge is -2.53. The topological polar surface area (TPSA) is 63.1 Å². The van der Waals surface area contributed by atoms with Gasteiger partial charge in [-0.15, -0.1) is 0 Å². The van der Waals surface area contributed by atoms with Crippen LogP contribution in [0.15, 0.2) is 30.3 Å². The summed E-state index contributed by atoms with van der Waals surface area (Å²) in [5.74, 6) is 0.0952. The van der Waals surface area contributed by atoms with E-state index in [2.05, 4.69) is 60.7 Å². The van der Waals surface area contributed by atoms with Crippen molar-refractivity contribution in [2.24, 2.45) is 0 Å². The van der Waals surface area contributed by atoms with Gasteiger partial charge in [-0.2, -0.15) is 5.26 Å². The van der Waals surface area contributed by atoms with Crippen molar-refractivity contribution >= 4 is 22.4 Å². The average molecular weight is 495 g/mol. The average Bonchev–Trinajstić information content (AvgIpc) is 3.29. The number of H-pyrrole nitrogens is 1. The molecule has 1 saturated carbocycles. The molecule has 2 fully saturated rings. The lowest BCUT2D eigenvalue weighted by Crippen LogP contribution is -2.60. The first kappa shape index (κ1) is 24.2. The van der Waals surface area contributed by atoms with E-state index in [9.17, 15) is 10.1 Å². The second-order valence-electron chi connectivity index (χ2n) is 11.9. The van der Waals surface area contributed by atoms with Crippen molar-refractivity contribution in [3.63, 3.8) is 0 Å². The van der Waals surface area contributed by atoms with Crippen molar-refractivity contribution in [1.82, 2.24) is 9.88 Å². The number of hydrogen-bond donors (Lipinski definition) is 1. The van der Waals surface area contributed by atoms with Crippen molar-refractivity contribution in [2.75, 3.05) is 31.1 Å². The number of benzene rings is 2. The van der Waals surface area contributed by atoms with Crippen LogP contribution in [0.25, 0.3) is 10.9 Å². The van der Waals surface area contributed by atoms with Crippen LogP contribution in [-0.2, 0) is 11.8 Å². The molecule has 5 heteroatoms. The van der Waals surface area contributed by atoms with Crippen LogP contribution in [0.1, 0.15) is 98.1 Å². The number of aryl methyl sites for hydroxylation is 1. The molecule has 0 atom stereocenters. The summed E-state index contributed by atoms with van der Waals surface area (Å²) in [6.45, 7) is 13.3. The Kier molecular flexibility index (Phi) is 5.73. The normalized spacial score (nSPS) is 20.3. The summed E-state index contributed by atoms with van der Waals surface area (Å²) in [5, 5.41) is 10.3. The number of ketones is 1. The summed E-state index contributed by atoms with van der Waals surface area (Å²) < 4.78 is 0. The van der Waals surface area contributed by atoms with Crippen molar-refractivity contribution in [3.05, 3.63) is 63.8 Å². The third-order valence-electron chi connectivity index (χ3n) is 9.59. The smallest absolute Gasteiger partial charge is 0.195 e. The Labute approximate surface area is 220 Å². The van der Waals surface area contributed by atoms with Crippen LogP contribution >= 0.6 is 0 Å². The first-order valence-electron chi connectivity index (χ1n) is 14.1. The maximum atomic E-state index is 13.9. The van der Waals surface area contributed by atoms with Gasteiger partial charge in [0.05, 0.1) is 17.2 Å². The van der Waals surface area contributed by atoms with E-state index in [4.69, 9.17) is 0 Å². The molecule has 192 valence electrons. The monoisotopic (exact) mass is 494 g/mol. The van der Waals surface area contributed by atoms with Gasteiger partial charge in [0, 0.05) is 65.0 Å². The van der Waals surface area contributed by atoms with Gasteiger partial charge in [0.2, 0.25) is 0 Å². The quantitative estimate of drug-likeness (QED) is 0.451. The van der Waals surface area contributed by atoms with Crippen molar-refractivity contribution in [2.45, 2.75) is 77.2 Å². The number of anilines is 1. The maximum absolute atomic E-state index is 13.9. The molecule has 2 aromatic carbocycles. The zero-order valence-electron chi connectivity index (χ0n) is 22.7. The maximum Gasteiger partial charge on any atom is 0.195 e. The summed E-state index contributed by atoms with van der Waals surface area (Å²) in [4.78, 5) is 22.8. The SMILES string of the molecule is CCCC1(N2CCN(c3cc4c(cc3CC)C(=O)c3c([nH]c5cc(C#N)ccc35)C4(C)C)CC2)CCC1. The van der Waals surface area contributed by atoms with Gasteiger partial charge in [0.15, 0.2) is 5.78 Å². The number of piperazine rings is 1. The standard InChI is InChI=1S/C32H38N4O/c1-5-10-32(11-7-12-32)36-15-13-35(14-16-36)27-19-25-24(18-22(27)6-2)29(37)28-23-9-8-21(20-33)17-26(23)34-30(28)31(25,3)4/h8-9,17-19,34H,5-7,10-16H2,1-4H3. The number of fused-ring (bicyclic) bond motifs is 4. The van der Waals surface area contributed by atoms with Gasteiger partial charge in [-0.25, -0.2) is 0 Å². The van der Waals surface area contributed by atoms with E-state index in [1.807, 2.05) is 12.1 Å². The molecule has 3 aliphatic rings. The van der Waals surface area contributed by atoms with Crippen LogP contribution in [-0.4, -0.2) is 47.4 Å². The molecular weight excluding hydrogens is 456 g/mol. The highest BCUT2D eigenvalue weighted by atomic mass is 16.1. The minimum Gasteiger partial charge on any atom is -0.369 e. The fraction of sp³-hybridized carbons (Fsp3) is 0.500. The van der Waals surface area contributed by atoms with E-state index in [-0.39, 0.29) is 11.2 Å². The second kappa shape index (κ2) is 8.74. The number of rotatable bonds is 5. The molecule has 6 rings (SSSR count). The molecule has 0 amide bonds. The molecular formula is C32H38N4O. The number of carbonyl (C=O) groups excluding carboxylic acids is 1. The molecule has 5 nitrogen and oxygen atoms in total. The van der Waals surface area contributed by atoms with E-state index in [0.717, 1.165) is 65.9 Å². The Balaban J connectivity index is 1.37. The Hall–Kier alpha value is -3.10. The summed E-state index contributed by atoms with van der Waals surface area (Å²) in [5.41, 5.74) is 7.80. The third kappa shape index (κ3) is 3.56. The van der Waals surface area contributed by atoms with Gasteiger partial charge in [0.25, 0.3) is 0 Å². The Bertz CT molecular complexity index is 1430. The van der Waals surface area contributed by atoms with Gasteiger partial charge >= 0.3 is 0 Å². The number of nitrogens with one attached hydrogen (secondary N) is 1. The number of nitrogens with zero attached hydrogens (tertiary/aromatic N) is 3. The molecule has 0 bridgehead atoms. The zero-order valence-corrected chi connectivity index (χ0v) is 22.7. The summed E-state index contributed by atoms with van der Waals surface area (Å²) in [7, 11) is 0. The van der Waals surface area contributed by atoms with Crippen molar-refractivity contribution in [3.8, 4) is 6.07 Å². The van der Waals surface area contributed by atoms with Crippen LogP contribution in [0.3, 0.4) is 0 Å². The Morgan fingerprint density at radius 3 is 2.43 bits per heavy atom. The minimum atomic E-state index is -0.343. The van der Waals surface area contributed by atoms with Gasteiger partial charge in [0.1, 0.15) is 0 Å². The minimum absolute atomic E-state index is 0.0952. The number of aromatic nitrogens is 1. The summed E-state index contributed by atoms with van der Waals surface area (Å²) >= 11 is 0. The molecule has 2 heterocycles. The van der Waals surface area contributed by atoms with Gasteiger partial charge in [-0.1, -0.05) is 40.2 Å². The molecule has 0 unspecified atom stereocenters. The molecule has 0 spiro atoms. The molecule has 1 N–H and O–H groups in total. The fourth-order valence-corrected chi connectivity index (χ4v) is 7.35. The van der Waals surface area contributed by atoms with E-state index < -0.39 is 0 Å². The lowest BCUT2D eigenvalue weighted by atomic mass is 9.70. The van der Waals surface area contributed by atoms with Crippen LogP contribution in [0.4, 0.5) is 5.69 Å². The number of aromatic amines is 1. The number of nitriles is 1. The Morgan fingerprint density at radius 2 is 1.81 bits per heavy atom. The Morgan fingerprint density at radius 1 is 1.05 bits per heavy atom. The number of hydrogen-bond acceptors (Lipinski definition) is 4. The van der Waals surface area contributed by atoms with E-state index in [0.29, 0.717) is 11.1 Å².